The molecule has 3 N–H and O–H groups in total. The Hall–Kier alpha value is -5.17. The van der Waals surface area contributed by atoms with Crippen LogP contribution in [0, 0.1) is 47.7 Å². The molecule has 3 heterocycles. The van der Waals surface area contributed by atoms with Crippen LogP contribution in [0.2, 0.25) is 0 Å². The number of aryl methyl sites for hydroxylation is 1. The molecule has 0 spiro atoms. The SMILES string of the molecule is C#Cc1cnn2ccc(C(N)=O)c(C#CC#CCC(O)(c3cc(F)cc(F)c3)c3cccn(C)c3=O)c12. The highest BCUT2D eigenvalue weighted by molar-refractivity contribution is 5.98. The lowest BCUT2D eigenvalue weighted by Gasteiger charge is -2.27. The Labute approximate surface area is 210 Å². The maximum absolute atomic E-state index is 14.0. The molecule has 1 amide bonds. The van der Waals surface area contributed by atoms with Crippen molar-refractivity contribution in [1.29, 1.82) is 0 Å². The quantitative estimate of drug-likeness (QED) is 0.423. The lowest BCUT2D eigenvalue weighted by atomic mass is 9.84. The molecule has 0 bridgehead atoms. The number of terminal acetylenes is 1. The summed E-state index contributed by atoms with van der Waals surface area (Å²) in [6.07, 6.45) is 9.55. The summed E-state index contributed by atoms with van der Waals surface area (Å²) in [5.74, 6) is 10.4. The minimum atomic E-state index is -2.14. The summed E-state index contributed by atoms with van der Waals surface area (Å²) in [6.45, 7) is 0. The minimum absolute atomic E-state index is 0.110. The van der Waals surface area contributed by atoms with Gasteiger partial charge in [-0.25, -0.2) is 13.3 Å². The van der Waals surface area contributed by atoms with Gasteiger partial charge >= 0.3 is 0 Å². The topological polar surface area (TPSA) is 103 Å². The molecule has 9 heteroatoms. The van der Waals surface area contributed by atoms with Crippen molar-refractivity contribution in [3.8, 4) is 36.0 Å². The fraction of sp³-hybridized carbons (Fsp3) is 0.107. The van der Waals surface area contributed by atoms with E-state index < -0.39 is 35.1 Å². The fourth-order valence-electron chi connectivity index (χ4n) is 3.89. The number of primary amides is 1. The fourth-order valence-corrected chi connectivity index (χ4v) is 3.89. The van der Waals surface area contributed by atoms with Crippen molar-refractivity contribution in [3.63, 3.8) is 0 Å². The molecule has 4 aromatic rings. The van der Waals surface area contributed by atoms with Crippen LogP contribution in [0.1, 0.15) is 39.0 Å². The standard InChI is InChI=1S/C28H18F2N4O3/c1-3-18-17-32-34-13-10-23(26(31)35)22(25(18)34)8-5-4-6-11-28(37,19-14-20(29)16-21(30)15-19)24-9-7-12-33(2)27(24)36/h1,7,9-10,12-17,37H,11H2,2H3,(H2,31,35). The number of nitrogens with two attached hydrogens (primary N) is 1. The van der Waals surface area contributed by atoms with Gasteiger partial charge < -0.3 is 15.4 Å². The number of amides is 1. The molecule has 1 unspecified atom stereocenters. The van der Waals surface area contributed by atoms with Crippen molar-refractivity contribution in [2.75, 3.05) is 0 Å². The lowest BCUT2D eigenvalue weighted by Crippen LogP contribution is -2.36. The van der Waals surface area contributed by atoms with Crippen LogP contribution in [-0.2, 0) is 12.6 Å². The van der Waals surface area contributed by atoms with E-state index in [0.29, 0.717) is 17.1 Å². The van der Waals surface area contributed by atoms with Crippen molar-refractivity contribution in [1.82, 2.24) is 14.2 Å². The van der Waals surface area contributed by atoms with E-state index in [4.69, 9.17) is 12.2 Å². The largest absolute Gasteiger partial charge is 0.379 e. The van der Waals surface area contributed by atoms with Crippen LogP contribution in [0.5, 0.6) is 0 Å². The van der Waals surface area contributed by atoms with Crippen molar-refractivity contribution in [3.05, 3.63) is 105 Å². The van der Waals surface area contributed by atoms with Crippen LogP contribution in [0.3, 0.4) is 0 Å². The van der Waals surface area contributed by atoms with Gasteiger partial charge in [0.05, 0.1) is 34.0 Å². The first-order chi connectivity index (χ1) is 17.7. The highest BCUT2D eigenvalue weighted by atomic mass is 19.1. The molecule has 182 valence electrons. The number of fused-ring (bicyclic) bond motifs is 1. The first-order valence-corrected chi connectivity index (χ1v) is 10.8. The van der Waals surface area contributed by atoms with Crippen LogP contribution < -0.4 is 11.3 Å². The van der Waals surface area contributed by atoms with Crippen molar-refractivity contribution in [2.45, 2.75) is 12.0 Å². The van der Waals surface area contributed by atoms with Gasteiger partial charge in [-0.05, 0) is 53.7 Å². The van der Waals surface area contributed by atoms with E-state index in [9.17, 15) is 23.5 Å². The molecule has 3 aromatic heterocycles. The molecule has 0 aliphatic rings. The van der Waals surface area contributed by atoms with Crippen LogP contribution in [-0.4, -0.2) is 25.2 Å². The molecule has 1 aromatic carbocycles. The molecule has 0 saturated carbocycles. The number of aliphatic hydroxyl groups is 1. The molecule has 0 aliphatic heterocycles. The summed E-state index contributed by atoms with van der Waals surface area (Å²) in [4.78, 5) is 24.7. The molecular formula is C28H18F2N4O3. The monoisotopic (exact) mass is 496 g/mol. The summed E-state index contributed by atoms with van der Waals surface area (Å²) >= 11 is 0. The maximum atomic E-state index is 14.0. The third-order valence-corrected chi connectivity index (χ3v) is 5.70. The number of carbonyl (C=O) groups is 1. The van der Waals surface area contributed by atoms with E-state index in [2.05, 4.69) is 34.7 Å². The summed E-state index contributed by atoms with van der Waals surface area (Å²) in [6, 6.07) is 6.85. The lowest BCUT2D eigenvalue weighted by molar-refractivity contribution is 0.0837. The number of hydrogen-bond donors (Lipinski definition) is 2. The number of benzene rings is 1. The predicted octanol–water partition coefficient (Wildman–Crippen LogP) is 2.07. The number of aromatic nitrogens is 3. The van der Waals surface area contributed by atoms with Crippen molar-refractivity contribution < 1.29 is 18.7 Å². The predicted molar refractivity (Wildman–Crippen MR) is 132 cm³/mol. The molecule has 4 rings (SSSR count). The second kappa shape index (κ2) is 9.83. The van der Waals surface area contributed by atoms with E-state index in [-0.39, 0.29) is 22.3 Å². The summed E-state index contributed by atoms with van der Waals surface area (Å²) in [5, 5.41) is 15.6. The zero-order valence-corrected chi connectivity index (χ0v) is 19.4. The molecular weight excluding hydrogens is 478 g/mol. The molecule has 0 aliphatic carbocycles. The van der Waals surface area contributed by atoms with Crippen LogP contribution in [0.15, 0.2) is 59.8 Å². The van der Waals surface area contributed by atoms with Gasteiger partial charge in [0.1, 0.15) is 17.2 Å². The van der Waals surface area contributed by atoms with E-state index in [1.165, 1.54) is 52.9 Å². The number of halogens is 2. The van der Waals surface area contributed by atoms with Crippen LogP contribution >= 0.6 is 0 Å². The van der Waals surface area contributed by atoms with Gasteiger partial charge in [0.2, 0.25) is 5.91 Å². The van der Waals surface area contributed by atoms with E-state index >= 15 is 0 Å². The van der Waals surface area contributed by atoms with Gasteiger partial charge in [0, 0.05) is 31.9 Å². The molecule has 0 saturated heterocycles. The summed E-state index contributed by atoms with van der Waals surface area (Å²) in [5.41, 5.74) is 3.58. The third kappa shape index (κ3) is 4.70. The van der Waals surface area contributed by atoms with Gasteiger partial charge in [-0.3, -0.25) is 9.59 Å². The summed E-state index contributed by atoms with van der Waals surface area (Å²) in [7, 11) is 1.48. The van der Waals surface area contributed by atoms with Gasteiger partial charge in [-0.1, -0.05) is 11.8 Å². The van der Waals surface area contributed by atoms with Gasteiger partial charge in [-0.15, -0.1) is 6.42 Å². The Bertz CT molecular complexity index is 1770. The zero-order valence-electron chi connectivity index (χ0n) is 19.4. The Kier molecular flexibility index (Phi) is 6.63. The average Bonchev–Trinajstić information content (AvgIpc) is 3.28. The number of pyridine rings is 2. The Morgan fingerprint density at radius 3 is 2.59 bits per heavy atom. The zero-order chi connectivity index (χ0) is 26.7. The first kappa shape index (κ1) is 24.9. The Morgan fingerprint density at radius 2 is 1.92 bits per heavy atom. The highest BCUT2D eigenvalue weighted by Crippen LogP contribution is 2.32. The molecule has 0 radical (unpaired) electrons. The second-order valence-electron chi connectivity index (χ2n) is 8.05. The normalized spacial score (nSPS) is 12.0. The number of nitrogens with zero attached hydrogens (tertiary/aromatic N) is 3. The first-order valence-electron chi connectivity index (χ1n) is 10.8. The van der Waals surface area contributed by atoms with Crippen molar-refractivity contribution >= 4 is 11.4 Å². The van der Waals surface area contributed by atoms with E-state index in [1.54, 1.807) is 0 Å². The van der Waals surface area contributed by atoms with E-state index in [0.717, 1.165) is 12.1 Å². The van der Waals surface area contributed by atoms with Crippen LogP contribution in [0.25, 0.3) is 5.52 Å². The number of carbonyl (C=O) groups excluding carboxylic acids is 1. The van der Waals surface area contributed by atoms with Gasteiger partial charge in [0.25, 0.3) is 5.56 Å². The van der Waals surface area contributed by atoms with Gasteiger partial charge in [0.15, 0.2) is 0 Å². The minimum Gasteiger partial charge on any atom is -0.379 e. The highest BCUT2D eigenvalue weighted by Gasteiger charge is 2.34. The third-order valence-electron chi connectivity index (χ3n) is 5.70. The van der Waals surface area contributed by atoms with E-state index in [1.807, 2.05) is 0 Å². The Morgan fingerprint density at radius 1 is 1.19 bits per heavy atom. The average molecular weight is 496 g/mol. The maximum Gasteiger partial charge on any atom is 0.256 e. The smallest absolute Gasteiger partial charge is 0.256 e. The van der Waals surface area contributed by atoms with Crippen LogP contribution in [0.4, 0.5) is 8.78 Å². The Balaban J connectivity index is 1.80. The van der Waals surface area contributed by atoms with Gasteiger partial charge in [-0.2, -0.15) is 5.10 Å². The molecule has 37 heavy (non-hydrogen) atoms. The number of hydrogen-bond acceptors (Lipinski definition) is 4. The number of rotatable bonds is 4. The molecule has 0 fully saturated rings. The molecule has 1 atom stereocenters. The second-order valence-corrected chi connectivity index (χ2v) is 8.05. The van der Waals surface area contributed by atoms with Crippen molar-refractivity contribution in [2.24, 2.45) is 12.8 Å². The molecule has 7 nitrogen and oxygen atoms in total. The summed E-state index contributed by atoms with van der Waals surface area (Å²) < 4.78 is 30.7.